The Labute approximate surface area is 114 Å². The third-order valence-electron chi connectivity index (χ3n) is 2.72. The van der Waals surface area contributed by atoms with Crippen LogP contribution in [-0.2, 0) is 20.4 Å². The number of nitrogens with zero attached hydrogens (tertiary/aromatic N) is 1. The molecule has 19 heavy (non-hydrogen) atoms. The fourth-order valence-corrected chi connectivity index (χ4v) is 3.42. The number of carbonyl (C=O) groups excluding carboxylic acids is 1. The highest BCUT2D eigenvalue weighted by atomic mass is 32.2. The molecule has 1 N–H and O–H groups in total. The number of ketones is 1. The summed E-state index contributed by atoms with van der Waals surface area (Å²) in [5, 5.41) is 2.93. The topological polar surface area (TPSA) is 76.1 Å². The Hall–Kier alpha value is -1.27. The van der Waals surface area contributed by atoms with Crippen LogP contribution in [-0.4, -0.2) is 37.5 Å². The quantitative estimate of drug-likeness (QED) is 0.769. The van der Waals surface area contributed by atoms with Gasteiger partial charge in [-0.05, 0) is 18.2 Å². The van der Waals surface area contributed by atoms with Crippen molar-refractivity contribution in [2.75, 3.05) is 12.3 Å². The van der Waals surface area contributed by atoms with Gasteiger partial charge >= 0.3 is 0 Å². The second kappa shape index (κ2) is 7.35. The Morgan fingerprint density at radius 1 is 1.42 bits per heavy atom. The molecule has 0 saturated heterocycles. The van der Waals surface area contributed by atoms with E-state index in [0.29, 0.717) is 18.5 Å². The lowest BCUT2D eigenvalue weighted by Crippen LogP contribution is -2.42. The number of hydrogen-bond donors (Lipinski definition) is 1. The van der Waals surface area contributed by atoms with Crippen molar-refractivity contribution in [1.29, 1.82) is 0 Å². The first-order chi connectivity index (χ1) is 8.98. The maximum absolute atomic E-state index is 12.1. The minimum atomic E-state index is -3.33. The predicted octanol–water partition coefficient (Wildman–Crippen LogP) is 0.954. The van der Waals surface area contributed by atoms with Gasteiger partial charge in [0.2, 0.25) is 0 Å². The maximum atomic E-state index is 12.1. The van der Waals surface area contributed by atoms with Gasteiger partial charge in [0.15, 0.2) is 15.6 Å². The van der Waals surface area contributed by atoms with E-state index in [0.717, 1.165) is 0 Å². The molecule has 0 amide bonds. The van der Waals surface area contributed by atoms with Crippen LogP contribution in [0.1, 0.15) is 25.8 Å². The van der Waals surface area contributed by atoms with E-state index in [1.807, 2.05) is 6.92 Å². The van der Waals surface area contributed by atoms with Crippen LogP contribution >= 0.6 is 0 Å². The molecule has 1 rings (SSSR count). The Balaban J connectivity index is 2.74. The molecule has 0 aliphatic carbocycles. The van der Waals surface area contributed by atoms with Crippen LogP contribution in [0, 0.1) is 0 Å². The molecular weight excluding hydrogens is 264 g/mol. The number of carbonyl (C=O) groups is 1. The number of hydrogen-bond acceptors (Lipinski definition) is 5. The summed E-state index contributed by atoms with van der Waals surface area (Å²) in [5.74, 6) is -0.320. The van der Waals surface area contributed by atoms with Crippen molar-refractivity contribution in [1.82, 2.24) is 10.3 Å². The normalized spacial score (nSPS) is 13.2. The standard InChI is InChI=1S/C13H20N2O3S/c1-3-13(16)12(15-4-2)10-19(17,18)9-11-6-5-7-14-8-11/h5-8,12,15H,3-4,9-10H2,1-2H3. The van der Waals surface area contributed by atoms with E-state index in [-0.39, 0.29) is 17.3 Å². The fourth-order valence-electron chi connectivity index (χ4n) is 1.81. The van der Waals surface area contributed by atoms with Gasteiger partial charge in [-0.15, -0.1) is 0 Å². The molecule has 0 saturated carbocycles. The molecule has 0 aliphatic heterocycles. The number of likely N-dealkylation sites (N-methyl/N-ethyl adjacent to an activating group) is 1. The van der Waals surface area contributed by atoms with E-state index in [2.05, 4.69) is 10.3 Å². The number of nitrogens with one attached hydrogen (secondary N) is 1. The average Bonchev–Trinajstić information content (AvgIpc) is 2.37. The van der Waals surface area contributed by atoms with Gasteiger partial charge in [0.1, 0.15) is 0 Å². The monoisotopic (exact) mass is 284 g/mol. The lowest BCUT2D eigenvalue weighted by molar-refractivity contribution is -0.120. The zero-order chi connectivity index (χ0) is 14.3. The second-order valence-electron chi connectivity index (χ2n) is 4.35. The first kappa shape index (κ1) is 15.8. The molecule has 0 spiro atoms. The van der Waals surface area contributed by atoms with Gasteiger partial charge in [0.25, 0.3) is 0 Å². The molecule has 106 valence electrons. The van der Waals surface area contributed by atoms with E-state index in [1.54, 1.807) is 25.3 Å². The third kappa shape index (κ3) is 5.48. The lowest BCUT2D eigenvalue weighted by Gasteiger charge is -2.16. The molecule has 5 nitrogen and oxygen atoms in total. The van der Waals surface area contributed by atoms with E-state index in [1.165, 1.54) is 6.20 Å². The molecule has 1 aromatic heterocycles. The number of rotatable bonds is 8. The molecule has 1 heterocycles. The highest BCUT2D eigenvalue weighted by Crippen LogP contribution is 2.07. The summed E-state index contributed by atoms with van der Waals surface area (Å²) in [6.07, 6.45) is 3.46. The Morgan fingerprint density at radius 3 is 2.68 bits per heavy atom. The Kier molecular flexibility index (Phi) is 6.11. The van der Waals surface area contributed by atoms with Crippen LogP contribution < -0.4 is 5.32 Å². The molecule has 0 aliphatic rings. The smallest absolute Gasteiger partial charge is 0.156 e. The van der Waals surface area contributed by atoms with E-state index in [4.69, 9.17) is 0 Å². The lowest BCUT2D eigenvalue weighted by atomic mass is 10.2. The van der Waals surface area contributed by atoms with Crippen molar-refractivity contribution in [3.05, 3.63) is 30.1 Å². The van der Waals surface area contributed by atoms with Crippen LogP contribution in [0.3, 0.4) is 0 Å². The molecule has 0 fully saturated rings. The number of Topliss-reactive ketones (excluding diaryl/α,β-unsaturated/α-hetero) is 1. The van der Waals surface area contributed by atoms with Gasteiger partial charge in [0.05, 0.1) is 17.5 Å². The zero-order valence-electron chi connectivity index (χ0n) is 11.3. The molecule has 1 unspecified atom stereocenters. The van der Waals surface area contributed by atoms with Crippen molar-refractivity contribution in [2.24, 2.45) is 0 Å². The molecule has 0 bridgehead atoms. The first-order valence-electron chi connectivity index (χ1n) is 6.34. The number of sulfone groups is 1. The van der Waals surface area contributed by atoms with Crippen LogP contribution in [0.2, 0.25) is 0 Å². The van der Waals surface area contributed by atoms with Crippen LogP contribution in [0.4, 0.5) is 0 Å². The van der Waals surface area contributed by atoms with Crippen molar-refractivity contribution >= 4 is 15.6 Å². The summed E-state index contributed by atoms with van der Waals surface area (Å²) >= 11 is 0. The van der Waals surface area contributed by atoms with E-state index >= 15 is 0 Å². The molecule has 6 heteroatoms. The van der Waals surface area contributed by atoms with Crippen LogP contribution in [0.5, 0.6) is 0 Å². The van der Waals surface area contributed by atoms with Crippen molar-refractivity contribution in [3.63, 3.8) is 0 Å². The van der Waals surface area contributed by atoms with E-state index in [9.17, 15) is 13.2 Å². The molecular formula is C13H20N2O3S. The third-order valence-corrected chi connectivity index (χ3v) is 4.33. The molecule has 1 aromatic rings. The number of pyridine rings is 1. The summed E-state index contributed by atoms with van der Waals surface area (Å²) in [4.78, 5) is 15.6. The van der Waals surface area contributed by atoms with Crippen LogP contribution in [0.25, 0.3) is 0 Å². The summed E-state index contributed by atoms with van der Waals surface area (Å²) < 4.78 is 24.2. The summed E-state index contributed by atoms with van der Waals surface area (Å²) in [6, 6.07) is 2.80. The maximum Gasteiger partial charge on any atom is 0.156 e. The highest BCUT2D eigenvalue weighted by molar-refractivity contribution is 7.90. The molecule has 0 radical (unpaired) electrons. The minimum Gasteiger partial charge on any atom is -0.307 e. The van der Waals surface area contributed by atoms with Gasteiger partial charge < -0.3 is 5.32 Å². The predicted molar refractivity (Wildman–Crippen MR) is 74.5 cm³/mol. The highest BCUT2D eigenvalue weighted by Gasteiger charge is 2.23. The van der Waals surface area contributed by atoms with Crippen LogP contribution in [0.15, 0.2) is 24.5 Å². The van der Waals surface area contributed by atoms with Crippen molar-refractivity contribution < 1.29 is 13.2 Å². The van der Waals surface area contributed by atoms with Gasteiger partial charge in [-0.2, -0.15) is 0 Å². The van der Waals surface area contributed by atoms with Gasteiger partial charge in [-0.3, -0.25) is 9.78 Å². The second-order valence-corrected chi connectivity index (χ2v) is 6.46. The van der Waals surface area contributed by atoms with Crippen molar-refractivity contribution in [2.45, 2.75) is 32.1 Å². The molecule has 1 atom stereocenters. The summed E-state index contributed by atoms with van der Waals surface area (Å²) in [7, 11) is -3.33. The van der Waals surface area contributed by atoms with Gasteiger partial charge in [-0.25, -0.2) is 8.42 Å². The minimum absolute atomic E-state index is 0.0726. The Bertz CT molecular complexity index is 500. The summed E-state index contributed by atoms with van der Waals surface area (Å²) in [6.45, 7) is 4.16. The fraction of sp³-hybridized carbons (Fsp3) is 0.538. The van der Waals surface area contributed by atoms with Gasteiger partial charge in [-0.1, -0.05) is 19.9 Å². The number of aromatic nitrogens is 1. The van der Waals surface area contributed by atoms with E-state index < -0.39 is 15.9 Å². The largest absolute Gasteiger partial charge is 0.307 e. The molecule has 0 aromatic carbocycles. The zero-order valence-corrected chi connectivity index (χ0v) is 12.1. The average molecular weight is 284 g/mol. The summed E-state index contributed by atoms with van der Waals surface area (Å²) in [5.41, 5.74) is 0.640. The van der Waals surface area contributed by atoms with Gasteiger partial charge in [0, 0.05) is 18.8 Å². The Morgan fingerprint density at radius 2 is 2.16 bits per heavy atom. The van der Waals surface area contributed by atoms with Crippen molar-refractivity contribution in [3.8, 4) is 0 Å². The first-order valence-corrected chi connectivity index (χ1v) is 8.16. The SMILES string of the molecule is CCNC(CS(=O)(=O)Cc1cccnc1)C(=O)CC.